The summed E-state index contributed by atoms with van der Waals surface area (Å²) >= 11 is 0. The molecule has 0 bridgehead atoms. The van der Waals surface area contributed by atoms with Crippen molar-refractivity contribution in [3.8, 4) is 11.8 Å². The van der Waals surface area contributed by atoms with Gasteiger partial charge in [-0.2, -0.15) is 0 Å². The summed E-state index contributed by atoms with van der Waals surface area (Å²) in [5.41, 5.74) is 0.492. The Balaban J connectivity index is 1.46. The first kappa shape index (κ1) is 11.1. The predicted octanol–water partition coefficient (Wildman–Crippen LogP) is 2.29. The maximum atomic E-state index is 11.8. The minimum atomic E-state index is 0.0653. The molecular formula is C15H21NO. The lowest BCUT2D eigenvalue weighted by Gasteiger charge is -2.59. The van der Waals surface area contributed by atoms with Gasteiger partial charge in [-0.15, -0.1) is 0 Å². The Morgan fingerprint density at radius 3 is 2.47 bits per heavy atom. The van der Waals surface area contributed by atoms with Gasteiger partial charge in [0.1, 0.15) is 0 Å². The highest BCUT2D eigenvalue weighted by Gasteiger charge is 2.53. The van der Waals surface area contributed by atoms with Gasteiger partial charge in [-0.3, -0.25) is 4.79 Å². The summed E-state index contributed by atoms with van der Waals surface area (Å²) in [6, 6.07) is 0. The van der Waals surface area contributed by atoms with Gasteiger partial charge in [0.15, 0.2) is 0 Å². The molecule has 1 aliphatic heterocycles. The summed E-state index contributed by atoms with van der Waals surface area (Å²) in [4.78, 5) is 13.7. The van der Waals surface area contributed by atoms with E-state index >= 15 is 0 Å². The van der Waals surface area contributed by atoms with E-state index in [-0.39, 0.29) is 5.91 Å². The third-order valence-electron chi connectivity index (χ3n) is 4.63. The zero-order valence-corrected chi connectivity index (χ0v) is 10.8. The molecule has 2 saturated carbocycles. The van der Waals surface area contributed by atoms with Crippen molar-refractivity contribution in [1.29, 1.82) is 0 Å². The molecule has 0 radical (unpaired) electrons. The molecule has 1 amide bonds. The van der Waals surface area contributed by atoms with Gasteiger partial charge < -0.3 is 4.90 Å². The molecule has 1 spiro atoms. The van der Waals surface area contributed by atoms with Crippen LogP contribution in [0.25, 0.3) is 0 Å². The quantitative estimate of drug-likeness (QED) is 0.634. The summed E-state index contributed by atoms with van der Waals surface area (Å²) in [7, 11) is 0. The van der Waals surface area contributed by atoms with E-state index in [1.165, 1.54) is 25.7 Å². The number of amides is 1. The van der Waals surface area contributed by atoms with E-state index < -0.39 is 0 Å². The standard InChI is InChI=1S/C15H21NO/c1-11(2)13-7-15(8-13)9-16(10-15)14(17)6-5-12-3-4-12/h11-13H,3-4,7-10H2,1-2H3. The smallest absolute Gasteiger partial charge is 0.298 e. The Kier molecular flexibility index (Phi) is 2.47. The highest BCUT2D eigenvalue weighted by atomic mass is 16.2. The van der Waals surface area contributed by atoms with Crippen LogP contribution in [-0.2, 0) is 4.79 Å². The van der Waals surface area contributed by atoms with Crippen LogP contribution >= 0.6 is 0 Å². The van der Waals surface area contributed by atoms with Crippen LogP contribution in [0.5, 0.6) is 0 Å². The molecule has 1 saturated heterocycles. The van der Waals surface area contributed by atoms with Crippen molar-refractivity contribution in [3.63, 3.8) is 0 Å². The second kappa shape index (κ2) is 3.77. The van der Waals surface area contributed by atoms with Crippen LogP contribution in [0.1, 0.15) is 39.5 Å². The van der Waals surface area contributed by atoms with Crippen molar-refractivity contribution in [2.24, 2.45) is 23.2 Å². The van der Waals surface area contributed by atoms with Gasteiger partial charge >= 0.3 is 0 Å². The first-order chi connectivity index (χ1) is 8.08. The molecule has 0 unspecified atom stereocenters. The molecule has 0 atom stereocenters. The molecule has 0 aromatic rings. The molecule has 92 valence electrons. The first-order valence-corrected chi connectivity index (χ1v) is 6.88. The fourth-order valence-electron chi connectivity index (χ4n) is 3.16. The minimum absolute atomic E-state index is 0.0653. The Morgan fingerprint density at radius 2 is 1.94 bits per heavy atom. The van der Waals surface area contributed by atoms with Crippen LogP contribution in [0.15, 0.2) is 0 Å². The van der Waals surface area contributed by atoms with E-state index in [9.17, 15) is 4.79 Å². The van der Waals surface area contributed by atoms with Crippen LogP contribution in [0.2, 0.25) is 0 Å². The van der Waals surface area contributed by atoms with Crippen molar-refractivity contribution in [3.05, 3.63) is 0 Å². The summed E-state index contributed by atoms with van der Waals surface area (Å²) < 4.78 is 0. The van der Waals surface area contributed by atoms with E-state index in [0.29, 0.717) is 11.3 Å². The topological polar surface area (TPSA) is 20.3 Å². The van der Waals surface area contributed by atoms with Crippen LogP contribution in [-0.4, -0.2) is 23.9 Å². The molecule has 3 fully saturated rings. The lowest BCUT2D eigenvalue weighted by atomic mass is 9.55. The second-order valence-electron chi connectivity index (χ2n) is 6.62. The second-order valence-corrected chi connectivity index (χ2v) is 6.62. The van der Waals surface area contributed by atoms with Crippen LogP contribution in [0.4, 0.5) is 0 Å². The number of rotatable bonds is 1. The Morgan fingerprint density at radius 1 is 1.29 bits per heavy atom. The van der Waals surface area contributed by atoms with Gasteiger partial charge in [0, 0.05) is 24.4 Å². The molecule has 3 aliphatic rings. The largest absolute Gasteiger partial charge is 0.331 e. The molecule has 0 N–H and O–H groups in total. The zero-order chi connectivity index (χ0) is 12.0. The summed E-state index contributed by atoms with van der Waals surface area (Å²) in [6.45, 7) is 6.54. The van der Waals surface area contributed by atoms with Crippen molar-refractivity contribution >= 4 is 5.91 Å². The number of hydrogen-bond acceptors (Lipinski definition) is 1. The Labute approximate surface area is 104 Å². The number of hydrogen-bond donors (Lipinski definition) is 0. The average Bonchev–Trinajstić information content (AvgIpc) is 2.92. The number of likely N-dealkylation sites (tertiary alicyclic amines) is 1. The van der Waals surface area contributed by atoms with E-state index in [4.69, 9.17) is 0 Å². The van der Waals surface area contributed by atoms with E-state index in [0.717, 1.165) is 24.9 Å². The van der Waals surface area contributed by atoms with E-state index in [2.05, 4.69) is 25.7 Å². The van der Waals surface area contributed by atoms with Gasteiger partial charge in [0.05, 0.1) is 0 Å². The fourth-order valence-corrected chi connectivity index (χ4v) is 3.16. The summed E-state index contributed by atoms with van der Waals surface area (Å²) in [6.07, 6.45) is 5.04. The highest BCUT2D eigenvalue weighted by molar-refractivity contribution is 5.94. The van der Waals surface area contributed by atoms with Gasteiger partial charge in [0.2, 0.25) is 0 Å². The van der Waals surface area contributed by atoms with Crippen LogP contribution < -0.4 is 0 Å². The minimum Gasteiger partial charge on any atom is -0.331 e. The van der Waals surface area contributed by atoms with Crippen LogP contribution in [0, 0.1) is 35.0 Å². The average molecular weight is 231 g/mol. The molecule has 2 aliphatic carbocycles. The SMILES string of the molecule is CC(C)C1CC2(C1)CN(C(=O)C#CC1CC1)C2. The van der Waals surface area contributed by atoms with E-state index in [1.54, 1.807) is 0 Å². The molecule has 1 heterocycles. The lowest BCUT2D eigenvalue weighted by Crippen LogP contribution is -2.64. The maximum Gasteiger partial charge on any atom is 0.298 e. The summed E-state index contributed by atoms with van der Waals surface area (Å²) in [5.74, 6) is 8.15. The Hall–Kier alpha value is -0.970. The molecule has 2 heteroatoms. The Bertz CT molecular complexity index is 383. The molecule has 3 rings (SSSR count). The van der Waals surface area contributed by atoms with Crippen LogP contribution in [0.3, 0.4) is 0 Å². The zero-order valence-electron chi connectivity index (χ0n) is 10.8. The normalized spacial score (nSPS) is 26.2. The maximum absolute atomic E-state index is 11.8. The highest BCUT2D eigenvalue weighted by Crippen LogP contribution is 2.54. The fraction of sp³-hybridized carbons (Fsp3) is 0.800. The van der Waals surface area contributed by atoms with Crippen molar-refractivity contribution < 1.29 is 4.79 Å². The van der Waals surface area contributed by atoms with E-state index in [1.807, 2.05) is 4.90 Å². The van der Waals surface area contributed by atoms with Gasteiger partial charge in [-0.25, -0.2) is 0 Å². The lowest BCUT2D eigenvalue weighted by molar-refractivity contribution is -0.151. The van der Waals surface area contributed by atoms with Gasteiger partial charge in [0.25, 0.3) is 5.91 Å². The monoisotopic (exact) mass is 231 g/mol. The molecule has 0 aromatic heterocycles. The van der Waals surface area contributed by atoms with Crippen molar-refractivity contribution in [2.45, 2.75) is 39.5 Å². The van der Waals surface area contributed by atoms with Crippen molar-refractivity contribution in [1.82, 2.24) is 4.90 Å². The third-order valence-corrected chi connectivity index (χ3v) is 4.63. The molecule has 2 nitrogen and oxygen atoms in total. The predicted molar refractivity (Wildman–Crippen MR) is 67.1 cm³/mol. The first-order valence-electron chi connectivity index (χ1n) is 6.88. The van der Waals surface area contributed by atoms with Gasteiger partial charge in [-0.1, -0.05) is 19.8 Å². The number of carbonyl (C=O) groups excluding carboxylic acids is 1. The molecule has 0 aromatic carbocycles. The number of carbonyl (C=O) groups is 1. The molecule has 17 heavy (non-hydrogen) atoms. The van der Waals surface area contributed by atoms with Crippen molar-refractivity contribution in [2.75, 3.05) is 13.1 Å². The number of nitrogens with zero attached hydrogens (tertiary/aromatic N) is 1. The summed E-state index contributed by atoms with van der Waals surface area (Å²) in [5, 5.41) is 0. The van der Waals surface area contributed by atoms with Gasteiger partial charge in [-0.05, 0) is 43.4 Å². The third kappa shape index (κ3) is 2.08. The molecular weight excluding hydrogens is 210 g/mol.